The molecule has 0 fully saturated rings. The molecule has 5 heteroatoms. The van der Waals surface area contributed by atoms with Crippen LogP contribution in [0.5, 0.6) is 0 Å². The zero-order chi connectivity index (χ0) is 9.47. The van der Waals surface area contributed by atoms with Gasteiger partial charge >= 0.3 is 16.1 Å². The summed E-state index contributed by atoms with van der Waals surface area (Å²) in [6.07, 6.45) is 0.0232. The third-order valence-electron chi connectivity index (χ3n) is 1.78. The first-order chi connectivity index (χ1) is 6.09. The Morgan fingerprint density at radius 3 is 2.69 bits per heavy atom. The Kier molecular flexibility index (Phi) is 1.63. The van der Waals surface area contributed by atoms with Crippen LogP contribution in [-0.4, -0.2) is 14.4 Å². The number of rotatable bonds is 0. The lowest BCUT2D eigenvalue weighted by Crippen LogP contribution is -2.22. The normalized spacial score (nSPS) is 18.9. The Morgan fingerprint density at radius 2 is 1.92 bits per heavy atom. The second kappa shape index (κ2) is 2.56. The van der Waals surface area contributed by atoms with E-state index in [1.54, 1.807) is 18.2 Å². The quantitative estimate of drug-likeness (QED) is 0.569. The maximum atomic E-state index is 11.2. The van der Waals surface area contributed by atoms with Crippen molar-refractivity contribution in [3.05, 3.63) is 29.8 Å². The van der Waals surface area contributed by atoms with Crippen molar-refractivity contribution in [1.29, 1.82) is 0 Å². The van der Waals surface area contributed by atoms with Gasteiger partial charge in [-0.1, -0.05) is 18.2 Å². The van der Waals surface area contributed by atoms with Gasteiger partial charge in [0.1, 0.15) is 4.90 Å². The van der Waals surface area contributed by atoms with E-state index in [1.807, 2.05) is 0 Å². The van der Waals surface area contributed by atoms with Crippen LogP contribution in [0.15, 0.2) is 29.2 Å². The van der Waals surface area contributed by atoms with E-state index in [0.717, 1.165) is 0 Å². The Bertz CT molecular complexity index is 461. The van der Waals surface area contributed by atoms with Gasteiger partial charge in [0.2, 0.25) is 0 Å². The summed E-state index contributed by atoms with van der Waals surface area (Å²) in [7, 11) is -3.84. The summed E-state index contributed by atoms with van der Waals surface area (Å²) in [5, 5.41) is 0. The van der Waals surface area contributed by atoms with Crippen molar-refractivity contribution in [2.45, 2.75) is 11.3 Å². The molecule has 13 heavy (non-hydrogen) atoms. The van der Waals surface area contributed by atoms with Gasteiger partial charge in [0.25, 0.3) is 0 Å². The summed E-state index contributed by atoms with van der Waals surface area (Å²) < 4.78 is 26.7. The second-order valence-corrected chi connectivity index (χ2v) is 4.21. The second-order valence-electron chi connectivity index (χ2n) is 2.69. The van der Waals surface area contributed by atoms with Crippen LogP contribution in [0, 0.1) is 0 Å². The van der Waals surface area contributed by atoms with Crippen molar-refractivity contribution < 1.29 is 17.4 Å². The van der Waals surface area contributed by atoms with Crippen LogP contribution in [0.25, 0.3) is 0 Å². The fourth-order valence-corrected chi connectivity index (χ4v) is 2.35. The van der Waals surface area contributed by atoms with E-state index in [0.29, 0.717) is 5.56 Å². The van der Waals surface area contributed by atoms with Gasteiger partial charge in [-0.15, -0.1) is 0 Å². The third-order valence-corrected chi connectivity index (χ3v) is 3.12. The first-order valence-corrected chi connectivity index (χ1v) is 5.06. The molecule has 1 heterocycles. The molecule has 0 atom stereocenters. The predicted molar refractivity (Wildman–Crippen MR) is 43.4 cm³/mol. The monoisotopic (exact) mass is 198 g/mol. The van der Waals surface area contributed by atoms with Crippen molar-refractivity contribution in [3.8, 4) is 0 Å². The minimum Gasteiger partial charge on any atom is -0.342 e. The fraction of sp³-hybridized carbons (Fsp3) is 0.125. The molecule has 0 radical (unpaired) electrons. The third kappa shape index (κ3) is 1.31. The van der Waals surface area contributed by atoms with Crippen LogP contribution >= 0.6 is 0 Å². The van der Waals surface area contributed by atoms with Crippen LogP contribution in [0.3, 0.4) is 0 Å². The minimum atomic E-state index is -3.84. The van der Waals surface area contributed by atoms with Crippen molar-refractivity contribution in [3.63, 3.8) is 0 Å². The number of benzene rings is 1. The van der Waals surface area contributed by atoms with Gasteiger partial charge in [-0.2, -0.15) is 8.42 Å². The number of carbonyl (C=O) groups is 1. The highest BCUT2D eigenvalue weighted by atomic mass is 32.2. The zero-order valence-corrected chi connectivity index (χ0v) is 7.37. The summed E-state index contributed by atoms with van der Waals surface area (Å²) in [5.41, 5.74) is 0.499. The molecule has 0 amide bonds. The molecule has 0 unspecified atom stereocenters. The Balaban J connectivity index is 2.70. The molecule has 1 aromatic carbocycles. The molecule has 1 aliphatic rings. The average molecular weight is 198 g/mol. The van der Waals surface area contributed by atoms with Gasteiger partial charge in [0.05, 0.1) is 6.42 Å². The van der Waals surface area contributed by atoms with E-state index in [9.17, 15) is 13.2 Å². The molecule has 1 aromatic rings. The van der Waals surface area contributed by atoms with Crippen LogP contribution in [0.4, 0.5) is 0 Å². The lowest BCUT2D eigenvalue weighted by molar-refractivity contribution is -0.133. The van der Waals surface area contributed by atoms with E-state index in [4.69, 9.17) is 0 Å². The van der Waals surface area contributed by atoms with Crippen molar-refractivity contribution in [1.82, 2.24) is 0 Å². The highest BCUT2D eigenvalue weighted by Crippen LogP contribution is 2.23. The van der Waals surface area contributed by atoms with Gasteiger partial charge in [0.15, 0.2) is 0 Å². The Hall–Kier alpha value is -1.36. The minimum absolute atomic E-state index is 0.0232. The summed E-state index contributed by atoms with van der Waals surface area (Å²) in [4.78, 5) is 10.9. The van der Waals surface area contributed by atoms with Crippen LogP contribution in [-0.2, 0) is 25.5 Å². The molecule has 4 nitrogen and oxygen atoms in total. The highest BCUT2D eigenvalue weighted by Gasteiger charge is 2.29. The van der Waals surface area contributed by atoms with Crippen LogP contribution < -0.4 is 0 Å². The van der Waals surface area contributed by atoms with E-state index >= 15 is 0 Å². The lowest BCUT2D eigenvalue weighted by Gasteiger charge is -2.14. The zero-order valence-electron chi connectivity index (χ0n) is 6.56. The Morgan fingerprint density at radius 1 is 1.23 bits per heavy atom. The summed E-state index contributed by atoms with van der Waals surface area (Å²) in [6, 6.07) is 6.31. The maximum Gasteiger partial charge on any atom is 0.341 e. The van der Waals surface area contributed by atoms with Crippen molar-refractivity contribution in [2.24, 2.45) is 0 Å². The average Bonchev–Trinajstić information content (AvgIpc) is 2.02. The molecule has 2 rings (SSSR count). The molecule has 0 spiro atoms. The molecule has 1 aliphatic heterocycles. The summed E-state index contributed by atoms with van der Waals surface area (Å²) in [5.74, 6) is -0.723. The molecular weight excluding hydrogens is 192 g/mol. The largest absolute Gasteiger partial charge is 0.342 e. The smallest absolute Gasteiger partial charge is 0.341 e. The van der Waals surface area contributed by atoms with Crippen molar-refractivity contribution in [2.75, 3.05) is 0 Å². The number of fused-ring (bicyclic) bond motifs is 1. The fourth-order valence-electron chi connectivity index (χ4n) is 1.25. The first kappa shape index (κ1) is 8.25. The SMILES string of the molecule is O=C1Cc2ccccc2S(=O)(=O)O1. The van der Waals surface area contributed by atoms with Gasteiger partial charge in [0, 0.05) is 0 Å². The van der Waals surface area contributed by atoms with E-state index in [-0.39, 0.29) is 11.3 Å². The van der Waals surface area contributed by atoms with Crippen LogP contribution in [0.1, 0.15) is 5.56 Å². The molecular formula is C8H6O4S. The standard InChI is InChI=1S/C8H6O4S/c9-8-5-6-3-1-2-4-7(6)13(10,11)12-8/h1-4H,5H2. The molecule has 0 bridgehead atoms. The van der Waals surface area contributed by atoms with Gasteiger partial charge < -0.3 is 4.18 Å². The predicted octanol–water partition coefficient (Wildman–Crippen LogP) is 0.475. The van der Waals surface area contributed by atoms with Crippen molar-refractivity contribution >= 4 is 16.1 Å². The van der Waals surface area contributed by atoms with E-state index in [1.165, 1.54) is 6.07 Å². The molecule has 0 N–H and O–H groups in total. The summed E-state index contributed by atoms with van der Waals surface area (Å²) >= 11 is 0. The van der Waals surface area contributed by atoms with Crippen LogP contribution in [0.2, 0.25) is 0 Å². The van der Waals surface area contributed by atoms with Gasteiger partial charge in [-0.25, -0.2) is 0 Å². The van der Waals surface area contributed by atoms with Gasteiger partial charge in [-0.3, -0.25) is 4.79 Å². The Labute approximate surface area is 75.3 Å². The van der Waals surface area contributed by atoms with E-state index < -0.39 is 16.1 Å². The van der Waals surface area contributed by atoms with E-state index in [2.05, 4.69) is 4.18 Å². The summed E-state index contributed by atoms with van der Waals surface area (Å²) in [6.45, 7) is 0. The number of carbonyl (C=O) groups excluding carboxylic acids is 1. The molecule has 68 valence electrons. The lowest BCUT2D eigenvalue weighted by atomic mass is 10.1. The topological polar surface area (TPSA) is 60.4 Å². The van der Waals surface area contributed by atoms with Gasteiger partial charge in [-0.05, 0) is 11.6 Å². The maximum absolute atomic E-state index is 11.2. The highest BCUT2D eigenvalue weighted by molar-refractivity contribution is 7.87. The molecule has 0 saturated heterocycles. The number of hydrogen-bond acceptors (Lipinski definition) is 4. The molecule has 0 aliphatic carbocycles. The first-order valence-electron chi connectivity index (χ1n) is 3.65. The number of hydrogen-bond donors (Lipinski definition) is 0. The molecule has 0 aromatic heterocycles. The molecule has 0 saturated carbocycles.